The molecule has 0 spiro atoms. The smallest absolute Gasteiger partial charge is 0.490 e. The average Bonchev–Trinajstić information content (AvgIpc) is 3.31. The molecule has 232 valence electrons. The number of rotatable bonds is 17. The summed E-state index contributed by atoms with van der Waals surface area (Å²) in [6.45, 7) is 8.67. The number of halogens is 2. The number of fused-ring (bicyclic) bond motifs is 1. The van der Waals surface area contributed by atoms with Crippen LogP contribution in [0, 0.1) is 0 Å². The molecule has 1 atom stereocenters. The molecule has 1 aromatic heterocycles. The largest absolute Gasteiger partial charge is 0.697 e. The van der Waals surface area contributed by atoms with E-state index in [-0.39, 0.29) is 17.1 Å². The highest BCUT2D eigenvalue weighted by atomic mass is 35.5. The molecular weight excluding hydrogens is 636 g/mol. The first-order valence-electron chi connectivity index (χ1n) is 13.3. The highest BCUT2D eigenvalue weighted by molar-refractivity contribution is 7.92. The predicted octanol–water partition coefficient (Wildman–Crippen LogP) is 7.81. The molecule has 1 amide bonds. The number of thiophene rings is 1. The van der Waals surface area contributed by atoms with Crippen LogP contribution in [-0.4, -0.2) is 60.0 Å². The van der Waals surface area contributed by atoms with E-state index in [4.69, 9.17) is 41.9 Å². The molecule has 1 N–H and O–H groups in total. The van der Waals surface area contributed by atoms with Gasteiger partial charge in [0.25, 0.3) is 10.0 Å². The quantitative estimate of drug-likeness (QED) is 0.0773. The average molecular weight is 676 g/mol. The Labute approximate surface area is 257 Å². The van der Waals surface area contributed by atoms with Crippen molar-refractivity contribution in [1.82, 2.24) is 4.31 Å². The maximum atomic E-state index is 14.1. The van der Waals surface area contributed by atoms with Crippen LogP contribution in [0.3, 0.4) is 0 Å². The van der Waals surface area contributed by atoms with Crippen molar-refractivity contribution in [1.29, 1.82) is 0 Å². The maximum Gasteiger partial charge on any atom is 0.697 e. The molecule has 1 unspecified atom stereocenters. The SMILES string of the molecule is CCC(CC)(O[P+](=O)O)N(C(=O)OC(C)(C)C)S(=O)(=O)c1cc2cc(OCCCCCl)c(OCCCCCl)cc2s1. The van der Waals surface area contributed by atoms with Crippen LogP contribution < -0.4 is 9.47 Å². The van der Waals surface area contributed by atoms with Crippen LogP contribution in [0.1, 0.15) is 73.1 Å². The molecule has 15 heteroatoms. The zero-order chi connectivity index (χ0) is 30.8. The number of alkyl halides is 2. The minimum Gasteiger partial charge on any atom is -0.490 e. The Balaban J connectivity index is 2.64. The van der Waals surface area contributed by atoms with Gasteiger partial charge in [-0.3, -0.25) is 0 Å². The molecule has 10 nitrogen and oxygen atoms in total. The first-order valence-corrected chi connectivity index (χ1v) is 17.8. The first kappa shape index (κ1) is 35.8. The molecule has 0 bridgehead atoms. The van der Waals surface area contributed by atoms with E-state index in [1.807, 2.05) is 0 Å². The molecule has 0 fully saturated rings. The van der Waals surface area contributed by atoms with Gasteiger partial charge in [-0.15, -0.1) is 39.4 Å². The number of hydrogen-bond acceptors (Lipinski definition) is 9. The standard InChI is InChI=1S/C26H38Cl2NO9PS2/c1-6-26(7-2,38-39(31)32)29(24(30)37-25(3,4)5)41(33,34)23-17-19-16-20(35-14-10-8-12-27)21(18-22(19)40-23)36-15-11-9-13-28/h16-18H,6-15H2,1-5H3/p+1. The predicted molar refractivity (Wildman–Crippen MR) is 162 cm³/mol. The Bertz CT molecular complexity index is 1230. The fraction of sp³-hybridized carbons (Fsp3) is 0.654. The van der Waals surface area contributed by atoms with Crippen molar-refractivity contribution in [2.24, 2.45) is 0 Å². The summed E-state index contributed by atoms with van der Waals surface area (Å²) in [6, 6.07) is 4.81. The molecular formula is C26H39Cl2NO9PS2+. The van der Waals surface area contributed by atoms with Crippen molar-refractivity contribution in [2.45, 2.75) is 88.7 Å². The summed E-state index contributed by atoms with van der Waals surface area (Å²) in [5, 5.41) is 0.547. The normalized spacial score (nSPS) is 12.8. The fourth-order valence-corrected chi connectivity index (χ4v) is 8.06. The third-order valence-electron chi connectivity index (χ3n) is 5.91. The molecule has 0 saturated carbocycles. The van der Waals surface area contributed by atoms with E-state index in [2.05, 4.69) is 0 Å². The van der Waals surface area contributed by atoms with Crippen molar-refractivity contribution in [2.75, 3.05) is 25.0 Å². The third kappa shape index (κ3) is 9.81. The summed E-state index contributed by atoms with van der Waals surface area (Å²) < 4.78 is 63.5. The highest BCUT2D eigenvalue weighted by Crippen LogP contribution is 2.43. The summed E-state index contributed by atoms with van der Waals surface area (Å²) in [4.78, 5) is 23.0. The Kier molecular flexibility index (Phi) is 13.9. The monoisotopic (exact) mass is 674 g/mol. The maximum absolute atomic E-state index is 14.1. The fourth-order valence-electron chi connectivity index (χ4n) is 3.86. The zero-order valence-corrected chi connectivity index (χ0v) is 28.0. The summed E-state index contributed by atoms with van der Waals surface area (Å²) in [7, 11) is -7.90. The van der Waals surface area contributed by atoms with Gasteiger partial charge < -0.3 is 14.2 Å². The number of unbranched alkanes of at least 4 members (excludes halogenated alkanes) is 2. The lowest BCUT2D eigenvalue weighted by Gasteiger charge is -2.37. The van der Waals surface area contributed by atoms with Gasteiger partial charge in [-0.25, -0.2) is 4.79 Å². The number of sulfonamides is 1. The van der Waals surface area contributed by atoms with Gasteiger partial charge in [0.2, 0.25) is 5.72 Å². The van der Waals surface area contributed by atoms with Crippen LogP contribution in [0.2, 0.25) is 0 Å². The van der Waals surface area contributed by atoms with Gasteiger partial charge in [0, 0.05) is 27.1 Å². The van der Waals surface area contributed by atoms with Crippen LogP contribution in [0.4, 0.5) is 4.79 Å². The summed E-state index contributed by atoms with van der Waals surface area (Å²) >= 11 is 12.5. The third-order valence-corrected chi connectivity index (χ3v) is 10.3. The van der Waals surface area contributed by atoms with Crippen molar-refractivity contribution in [3.63, 3.8) is 0 Å². The van der Waals surface area contributed by atoms with Gasteiger partial charge in [0.15, 0.2) is 11.5 Å². The Morgan fingerprint density at radius 1 is 0.976 bits per heavy atom. The van der Waals surface area contributed by atoms with Gasteiger partial charge >= 0.3 is 14.3 Å². The molecule has 0 aliphatic heterocycles. The Morgan fingerprint density at radius 3 is 1.98 bits per heavy atom. The number of nitrogens with zero attached hydrogens (tertiary/aromatic N) is 1. The van der Waals surface area contributed by atoms with E-state index >= 15 is 0 Å². The lowest BCUT2D eigenvalue weighted by atomic mass is 10.1. The summed E-state index contributed by atoms with van der Waals surface area (Å²) in [6.07, 6.45) is 1.58. The number of ether oxygens (including phenoxy) is 3. The second kappa shape index (κ2) is 15.9. The molecule has 0 aliphatic rings. The van der Waals surface area contributed by atoms with E-state index in [1.165, 1.54) is 6.07 Å². The first-order chi connectivity index (χ1) is 19.2. The molecule has 0 aliphatic carbocycles. The number of carbonyl (C=O) groups is 1. The molecule has 0 radical (unpaired) electrons. The van der Waals surface area contributed by atoms with Crippen LogP contribution in [-0.2, 0) is 23.8 Å². The summed E-state index contributed by atoms with van der Waals surface area (Å²) in [5.74, 6) is 1.91. The second-order valence-corrected chi connectivity index (χ2v) is 14.6. The van der Waals surface area contributed by atoms with Gasteiger partial charge in [-0.2, -0.15) is 12.7 Å². The lowest BCUT2D eigenvalue weighted by Crippen LogP contribution is -2.55. The number of hydrogen-bond donors (Lipinski definition) is 1. The van der Waals surface area contributed by atoms with E-state index < -0.39 is 35.7 Å². The van der Waals surface area contributed by atoms with Gasteiger partial charge in [0.05, 0.1) is 13.2 Å². The van der Waals surface area contributed by atoms with Crippen molar-refractivity contribution in [3.8, 4) is 11.5 Å². The van der Waals surface area contributed by atoms with Crippen molar-refractivity contribution >= 4 is 69.0 Å². The molecule has 2 rings (SSSR count). The van der Waals surface area contributed by atoms with Crippen LogP contribution in [0.15, 0.2) is 22.4 Å². The van der Waals surface area contributed by atoms with Crippen molar-refractivity contribution < 1.29 is 41.4 Å². The molecule has 0 saturated heterocycles. The molecule has 1 heterocycles. The van der Waals surface area contributed by atoms with E-state index in [9.17, 15) is 22.7 Å². The number of amides is 1. The highest BCUT2D eigenvalue weighted by Gasteiger charge is 2.53. The minimum absolute atomic E-state index is 0.102. The Morgan fingerprint density at radius 2 is 1.51 bits per heavy atom. The van der Waals surface area contributed by atoms with Gasteiger partial charge in [-0.05, 0) is 76.8 Å². The number of benzene rings is 1. The lowest BCUT2D eigenvalue weighted by molar-refractivity contribution is -0.0544. The Hall–Kier alpha value is -1.40. The molecule has 41 heavy (non-hydrogen) atoms. The van der Waals surface area contributed by atoms with Crippen molar-refractivity contribution in [3.05, 3.63) is 18.2 Å². The topological polar surface area (TPSA) is 129 Å². The molecule has 1 aromatic carbocycles. The van der Waals surface area contributed by atoms with Crippen LogP contribution in [0.25, 0.3) is 10.1 Å². The second-order valence-electron chi connectivity index (χ2n) is 10.1. The van der Waals surface area contributed by atoms with Gasteiger partial charge in [-0.1, -0.05) is 18.4 Å². The van der Waals surface area contributed by atoms with Crippen LogP contribution >= 0.6 is 42.8 Å². The summed E-state index contributed by atoms with van der Waals surface area (Å²) in [5.41, 5.74) is -3.02. The van der Waals surface area contributed by atoms with E-state index in [0.717, 1.165) is 37.0 Å². The minimum atomic E-state index is -4.63. The molecule has 2 aromatic rings. The number of carbonyl (C=O) groups excluding carboxylic acids is 1. The van der Waals surface area contributed by atoms with E-state index in [1.54, 1.807) is 46.8 Å². The van der Waals surface area contributed by atoms with Crippen LogP contribution in [0.5, 0.6) is 11.5 Å². The zero-order valence-electron chi connectivity index (χ0n) is 24.0. The van der Waals surface area contributed by atoms with E-state index in [0.29, 0.717) is 50.9 Å². The van der Waals surface area contributed by atoms with Gasteiger partial charge in [0.1, 0.15) is 9.81 Å².